The first kappa shape index (κ1) is 16.1. The molecule has 4 nitrogen and oxygen atoms in total. The van der Waals surface area contributed by atoms with Gasteiger partial charge in [0.1, 0.15) is 0 Å². The van der Waals surface area contributed by atoms with Gasteiger partial charge in [-0.15, -0.1) is 11.3 Å². The van der Waals surface area contributed by atoms with Gasteiger partial charge in [0, 0.05) is 18.2 Å². The molecule has 1 aliphatic rings. The third-order valence-electron chi connectivity index (χ3n) is 3.50. The van der Waals surface area contributed by atoms with Crippen LogP contribution in [-0.2, 0) is 9.53 Å². The van der Waals surface area contributed by atoms with E-state index in [0.717, 1.165) is 34.0 Å². The number of carbonyl (C=O) groups is 1. The molecule has 1 amide bonds. The average molecular weight is 357 g/mol. The van der Waals surface area contributed by atoms with E-state index < -0.39 is 0 Å². The highest BCUT2D eigenvalue weighted by molar-refractivity contribution is 8.02. The molecule has 1 aliphatic heterocycles. The SMILES string of the molecule is C[C@H](Sc1nc2cc(Cl)ccc2s1)C(=O)NC[C@@H]1CCCO1. The Morgan fingerprint density at radius 2 is 2.50 bits per heavy atom. The van der Waals surface area contributed by atoms with Crippen molar-refractivity contribution in [1.29, 1.82) is 0 Å². The molecule has 1 aromatic heterocycles. The lowest BCUT2D eigenvalue weighted by Crippen LogP contribution is -2.36. The molecule has 0 spiro atoms. The molecule has 2 heterocycles. The van der Waals surface area contributed by atoms with Gasteiger partial charge in [-0.2, -0.15) is 0 Å². The van der Waals surface area contributed by atoms with Gasteiger partial charge in [0.2, 0.25) is 5.91 Å². The summed E-state index contributed by atoms with van der Waals surface area (Å²) in [7, 11) is 0. The number of hydrogen-bond donors (Lipinski definition) is 1. The van der Waals surface area contributed by atoms with Crippen molar-refractivity contribution in [3.05, 3.63) is 23.2 Å². The second-order valence-electron chi connectivity index (χ2n) is 5.23. The van der Waals surface area contributed by atoms with E-state index in [-0.39, 0.29) is 17.3 Å². The third-order valence-corrected chi connectivity index (χ3v) is 5.97. The summed E-state index contributed by atoms with van der Waals surface area (Å²) in [6, 6.07) is 5.66. The molecule has 2 aromatic rings. The first-order valence-corrected chi connectivity index (χ1v) is 9.31. The summed E-state index contributed by atoms with van der Waals surface area (Å²) >= 11 is 9.03. The first-order chi connectivity index (χ1) is 10.6. The number of fused-ring (bicyclic) bond motifs is 1. The number of halogens is 1. The zero-order chi connectivity index (χ0) is 15.5. The Kier molecular flexibility index (Phi) is 5.23. The number of amides is 1. The van der Waals surface area contributed by atoms with Crippen LogP contribution in [0.4, 0.5) is 0 Å². The Balaban J connectivity index is 1.57. The molecule has 7 heteroatoms. The van der Waals surface area contributed by atoms with Gasteiger partial charge < -0.3 is 10.1 Å². The van der Waals surface area contributed by atoms with Crippen LogP contribution >= 0.6 is 34.7 Å². The zero-order valence-electron chi connectivity index (χ0n) is 12.2. The highest BCUT2D eigenvalue weighted by Gasteiger charge is 2.20. The van der Waals surface area contributed by atoms with Crippen molar-refractivity contribution in [2.45, 2.75) is 35.5 Å². The largest absolute Gasteiger partial charge is 0.376 e. The number of aromatic nitrogens is 1. The summed E-state index contributed by atoms with van der Waals surface area (Å²) < 4.78 is 7.48. The van der Waals surface area contributed by atoms with Crippen molar-refractivity contribution in [3.8, 4) is 0 Å². The Morgan fingerprint density at radius 3 is 3.27 bits per heavy atom. The molecule has 0 unspecified atom stereocenters. The predicted octanol–water partition coefficient (Wildman–Crippen LogP) is 3.73. The molecule has 1 saturated heterocycles. The summed E-state index contributed by atoms with van der Waals surface area (Å²) in [4.78, 5) is 16.7. The molecule has 1 N–H and O–H groups in total. The van der Waals surface area contributed by atoms with E-state index in [1.54, 1.807) is 11.3 Å². The quantitative estimate of drug-likeness (QED) is 0.829. The lowest BCUT2D eigenvalue weighted by molar-refractivity contribution is -0.120. The van der Waals surface area contributed by atoms with Crippen LogP contribution in [0, 0.1) is 0 Å². The van der Waals surface area contributed by atoms with Crippen molar-refractivity contribution in [2.24, 2.45) is 0 Å². The van der Waals surface area contributed by atoms with Crippen molar-refractivity contribution in [3.63, 3.8) is 0 Å². The smallest absolute Gasteiger partial charge is 0.233 e. The van der Waals surface area contributed by atoms with E-state index in [4.69, 9.17) is 16.3 Å². The molecule has 0 aliphatic carbocycles. The van der Waals surface area contributed by atoms with Gasteiger partial charge in [0.25, 0.3) is 0 Å². The first-order valence-electron chi connectivity index (χ1n) is 7.24. The number of carbonyl (C=O) groups excluding carboxylic acids is 1. The minimum absolute atomic E-state index is 0.0257. The number of benzene rings is 1. The summed E-state index contributed by atoms with van der Waals surface area (Å²) in [5.74, 6) is 0.0257. The third kappa shape index (κ3) is 3.93. The minimum atomic E-state index is -0.183. The molecule has 3 rings (SSSR count). The highest BCUT2D eigenvalue weighted by Crippen LogP contribution is 2.33. The van der Waals surface area contributed by atoms with Gasteiger partial charge in [-0.3, -0.25) is 4.79 Å². The van der Waals surface area contributed by atoms with Crippen molar-refractivity contribution in [2.75, 3.05) is 13.2 Å². The molecule has 0 radical (unpaired) electrons. The van der Waals surface area contributed by atoms with Gasteiger partial charge in [-0.25, -0.2) is 4.98 Å². The second kappa shape index (κ2) is 7.17. The minimum Gasteiger partial charge on any atom is -0.376 e. The number of rotatable bonds is 5. The number of nitrogens with one attached hydrogen (secondary N) is 1. The zero-order valence-corrected chi connectivity index (χ0v) is 14.6. The number of thiazole rings is 1. The van der Waals surface area contributed by atoms with Crippen LogP contribution in [0.3, 0.4) is 0 Å². The lowest BCUT2D eigenvalue weighted by atomic mass is 10.2. The van der Waals surface area contributed by atoms with E-state index in [0.29, 0.717) is 11.6 Å². The van der Waals surface area contributed by atoms with Crippen LogP contribution in [0.1, 0.15) is 19.8 Å². The fraction of sp³-hybridized carbons (Fsp3) is 0.467. The van der Waals surface area contributed by atoms with Crippen LogP contribution in [0.5, 0.6) is 0 Å². The summed E-state index contributed by atoms with van der Waals surface area (Å²) in [5, 5.41) is 3.45. The highest BCUT2D eigenvalue weighted by atomic mass is 35.5. The van der Waals surface area contributed by atoms with Crippen LogP contribution in [0.15, 0.2) is 22.5 Å². The maximum absolute atomic E-state index is 12.1. The van der Waals surface area contributed by atoms with Crippen LogP contribution in [0.2, 0.25) is 5.02 Å². The molecular formula is C15H17ClN2O2S2. The molecule has 0 bridgehead atoms. The Labute approximate surface area is 142 Å². The van der Waals surface area contributed by atoms with Gasteiger partial charge >= 0.3 is 0 Å². The Morgan fingerprint density at radius 1 is 1.64 bits per heavy atom. The topological polar surface area (TPSA) is 51.2 Å². The molecule has 0 saturated carbocycles. The van der Waals surface area contributed by atoms with Gasteiger partial charge in [0.15, 0.2) is 4.34 Å². The van der Waals surface area contributed by atoms with E-state index in [2.05, 4.69) is 10.3 Å². The standard InChI is InChI=1S/C15H17ClN2O2S2/c1-9(14(19)17-8-11-3-2-6-20-11)21-15-18-12-7-10(16)4-5-13(12)22-15/h4-5,7,9,11H,2-3,6,8H2,1H3,(H,17,19)/t9-,11-/m0/s1. The maximum atomic E-state index is 12.1. The van der Waals surface area contributed by atoms with Crippen LogP contribution in [0.25, 0.3) is 10.2 Å². The fourth-order valence-corrected chi connectivity index (χ4v) is 4.68. The van der Waals surface area contributed by atoms with E-state index >= 15 is 0 Å². The maximum Gasteiger partial charge on any atom is 0.233 e. The van der Waals surface area contributed by atoms with E-state index in [1.807, 2.05) is 25.1 Å². The van der Waals surface area contributed by atoms with Crippen molar-refractivity contribution in [1.82, 2.24) is 10.3 Å². The molecular weight excluding hydrogens is 340 g/mol. The Hall–Kier alpha value is -0.820. The van der Waals surface area contributed by atoms with Crippen LogP contribution < -0.4 is 5.32 Å². The van der Waals surface area contributed by atoms with E-state index in [1.165, 1.54) is 11.8 Å². The normalized spacial score (nSPS) is 19.5. The summed E-state index contributed by atoms with van der Waals surface area (Å²) in [5.41, 5.74) is 0.881. The van der Waals surface area contributed by atoms with Crippen molar-refractivity contribution >= 4 is 50.8 Å². The summed E-state index contributed by atoms with van der Waals surface area (Å²) in [6.07, 6.45) is 2.28. The molecule has 1 fully saturated rings. The van der Waals surface area contributed by atoms with Crippen molar-refractivity contribution < 1.29 is 9.53 Å². The number of nitrogens with zero attached hydrogens (tertiary/aromatic N) is 1. The lowest BCUT2D eigenvalue weighted by Gasteiger charge is -2.13. The van der Waals surface area contributed by atoms with E-state index in [9.17, 15) is 4.79 Å². The predicted molar refractivity (Wildman–Crippen MR) is 91.9 cm³/mol. The van der Waals surface area contributed by atoms with Crippen LogP contribution in [-0.4, -0.2) is 35.4 Å². The van der Waals surface area contributed by atoms with Gasteiger partial charge in [-0.05, 0) is 38.0 Å². The monoisotopic (exact) mass is 356 g/mol. The fourth-order valence-electron chi connectivity index (χ4n) is 2.30. The molecule has 118 valence electrons. The van der Waals surface area contributed by atoms with Gasteiger partial charge in [0.05, 0.1) is 21.6 Å². The number of hydrogen-bond acceptors (Lipinski definition) is 5. The number of thioether (sulfide) groups is 1. The summed E-state index contributed by atoms with van der Waals surface area (Å²) in [6.45, 7) is 3.30. The molecule has 2 atom stereocenters. The second-order valence-corrected chi connectivity index (χ2v) is 8.29. The molecule has 22 heavy (non-hydrogen) atoms. The molecule has 1 aromatic carbocycles. The Bertz CT molecular complexity index is 671. The number of ether oxygens (including phenoxy) is 1. The average Bonchev–Trinajstić information content (AvgIpc) is 3.12. The van der Waals surface area contributed by atoms with Gasteiger partial charge in [-0.1, -0.05) is 23.4 Å².